The smallest absolute Gasteiger partial charge is 0.241 e. The van der Waals surface area contributed by atoms with Gasteiger partial charge in [0.15, 0.2) is 11.5 Å². The second kappa shape index (κ2) is 9.19. The highest BCUT2D eigenvalue weighted by Crippen LogP contribution is 2.29. The van der Waals surface area contributed by atoms with Crippen molar-refractivity contribution in [1.29, 1.82) is 0 Å². The summed E-state index contributed by atoms with van der Waals surface area (Å²) in [7, 11) is -0.851. The molecule has 1 N–H and O–H groups in total. The zero-order valence-corrected chi connectivity index (χ0v) is 18.1. The molecule has 160 valence electrons. The maximum atomic E-state index is 12.7. The van der Waals surface area contributed by atoms with Crippen molar-refractivity contribution < 1.29 is 27.0 Å². The van der Waals surface area contributed by atoms with E-state index in [2.05, 4.69) is 9.71 Å². The van der Waals surface area contributed by atoms with Crippen LogP contribution in [0.5, 0.6) is 17.2 Å². The summed E-state index contributed by atoms with van der Waals surface area (Å²) in [5, 5.41) is 0. The van der Waals surface area contributed by atoms with Gasteiger partial charge in [-0.15, -0.1) is 0 Å². The van der Waals surface area contributed by atoms with Crippen LogP contribution in [0.25, 0.3) is 11.5 Å². The lowest BCUT2D eigenvalue weighted by atomic mass is 10.2. The van der Waals surface area contributed by atoms with Crippen LogP contribution >= 0.6 is 0 Å². The molecule has 0 bridgehead atoms. The molecule has 0 aliphatic rings. The van der Waals surface area contributed by atoms with Gasteiger partial charge >= 0.3 is 0 Å². The second-order valence-corrected chi connectivity index (χ2v) is 8.09. The van der Waals surface area contributed by atoms with Crippen molar-refractivity contribution in [3.8, 4) is 28.7 Å². The SMILES string of the molecule is CCOc1ccc(-c2nc(CNS(=O)(=O)c3ccc(OC)c(OC)c3)c(C)o2)cc1. The molecule has 3 aromatic rings. The van der Waals surface area contributed by atoms with Gasteiger partial charge < -0.3 is 18.6 Å². The van der Waals surface area contributed by atoms with Gasteiger partial charge in [-0.3, -0.25) is 0 Å². The van der Waals surface area contributed by atoms with Crippen LogP contribution in [0.1, 0.15) is 18.4 Å². The van der Waals surface area contributed by atoms with E-state index in [1.165, 1.54) is 26.4 Å². The molecule has 0 radical (unpaired) electrons. The molecule has 0 saturated carbocycles. The molecular formula is C21H24N2O6S. The molecule has 0 amide bonds. The monoisotopic (exact) mass is 432 g/mol. The van der Waals surface area contributed by atoms with Gasteiger partial charge in [0.25, 0.3) is 0 Å². The van der Waals surface area contributed by atoms with E-state index in [9.17, 15) is 8.42 Å². The molecular weight excluding hydrogens is 408 g/mol. The minimum Gasteiger partial charge on any atom is -0.494 e. The van der Waals surface area contributed by atoms with Crippen LogP contribution in [0.3, 0.4) is 0 Å². The first-order chi connectivity index (χ1) is 14.4. The van der Waals surface area contributed by atoms with E-state index in [0.717, 1.165) is 11.3 Å². The van der Waals surface area contributed by atoms with E-state index in [1.54, 1.807) is 13.0 Å². The first-order valence-corrected chi connectivity index (χ1v) is 10.8. The van der Waals surface area contributed by atoms with Crippen LogP contribution in [-0.4, -0.2) is 34.2 Å². The number of aromatic nitrogens is 1. The number of ether oxygens (including phenoxy) is 3. The van der Waals surface area contributed by atoms with Crippen molar-refractivity contribution in [2.45, 2.75) is 25.3 Å². The number of rotatable bonds is 9. The summed E-state index contributed by atoms with van der Waals surface area (Å²) >= 11 is 0. The van der Waals surface area contributed by atoms with Crippen LogP contribution in [0, 0.1) is 6.92 Å². The van der Waals surface area contributed by atoms with Gasteiger partial charge in [-0.25, -0.2) is 18.1 Å². The van der Waals surface area contributed by atoms with Gasteiger partial charge in [-0.2, -0.15) is 0 Å². The summed E-state index contributed by atoms with van der Waals surface area (Å²) in [6.45, 7) is 4.23. The fourth-order valence-electron chi connectivity index (χ4n) is 2.81. The Morgan fingerprint density at radius 2 is 1.73 bits per heavy atom. The number of oxazole rings is 1. The van der Waals surface area contributed by atoms with Gasteiger partial charge in [0, 0.05) is 11.6 Å². The fraction of sp³-hybridized carbons (Fsp3) is 0.286. The van der Waals surface area contributed by atoms with Crippen molar-refractivity contribution in [3.05, 3.63) is 53.9 Å². The summed E-state index contributed by atoms with van der Waals surface area (Å²) in [6.07, 6.45) is 0. The molecule has 0 fully saturated rings. The number of hydrogen-bond acceptors (Lipinski definition) is 7. The molecule has 9 heteroatoms. The maximum Gasteiger partial charge on any atom is 0.241 e. The molecule has 2 aromatic carbocycles. The lowest BCUT2D eigenvalue weighted by Gasteiger charge is -2.10. The number of hydrogen-bond donors (Lipinski definition) is 1. The molecule has 30 heavy (non-hydrogen) atoms. The van der Waals surface area contributed by atoms with Crippen LogP contribution < -0.4 is 18.9 Å². The third-order valence-corrected chi connectivity index (χ3v) is 5.80. The Labute approximate surface area is 175 Å². The zero-order valence-electron chi connectivity index (χ0n) is 17.3. The number of benzene rings is 2. The molecule has 8 nitrogen and oxygen atoms in total. The minimum absolute atomic E-state index is 0.0109. The number of nitrogens with one attached hydrogen (secondary N) is 1. The highest BCUT2D eigenvalue weighted by molar-refractivity contribution is 7.89. The quantitative estimate of drug-likeness (QED) is 0.552. The summed E-state index contributed by atoms with van der Waals surface area (Å²) in [4.78, 5) is 4.50. The number of nitrogens with zero attached hydrogens (tertiary/aromatic N) is 1. The summed E-state index contributed by atoms with van der Waals surface area (Å²) < 4.78 is 49.4. The Kier molecular flexibility index (Phi) is 6.63. The van der Waals surface area contributed by atoms with Crippen LogP contribution in [0.15, 0.2) is 51.8 Å². The predicted octanol–water partition coefficient (Wildman–Crippen LogP) is 3.54. The number of methoxy groups -OCH3 is 2. The second-order valence-electron chi connectivity index (χ2n) is 6.32. The number of sulfonamides is 1. The molecule has 0 atom stereocenters. The third-order valence-electron chi connectivity index (χ3n) is 4.40. The molecule has 0 unspecified atom stereocenters. The molecule has 0 aliphatic carbocycles. The largest absolute Gasteiger partial charge is 0.494 e. The Morgan fingerprint density at radius 1 is 1.03 bits per heavy atom. The van der Waals surface area contributed by atoms with Crippen molar-refractivity contribution in [3.63, 3.8) is 0 Å². The highest BCUT2D eigenvalue weighted by Gasteiger charge is 2.19. The van der Waals surface area contributed by atoms with Crippen molar-refractivity contribution in [2.24, 2.45) is 0 Å². The van der Waals surface area contributed by atoms with E-state index < -0.39 is 10.0 Å². The fourth-order valence-corrected chi connectivity index (χ4v) is 3.81. The molecule has 0 spiro atoms. The summed E-state index contributed by atoms with van der Waals surface area (Å²) in [6, 6.07) is 11.7. The first kappa shape index (κ1) is 21.7. The van der Waals surface area contributed by atoms with Gasteiger partial charge in [0.05, 0.1) is 38.0 Å². The standard InChI is InChI=1S/C21H24N2O6S/c1-5-28-16-8-6-15(7-9-16)21-23-18(14(2)29-21)13-22-30(24,25)17-10-11-19(26-3)20(12-17)27-4/h6-12,22H,5,13H2,1-4H3. The van der Waals surface area contributed by atoms with Gasteiger partial charge in [-0.1, -0.05) is 0 Å². The normalized spacial score (nSPS) is 11.3. The van der Waals surface area contributed by atoms with Gasteiger partial charge in [0.1, 0.15) is 11.5 Å². The molecule has 1 heterocycles. The number of aryl methyl sites for hydroxylation is 1. The van der Waals surface area contributed by atoms with Crippen molar-refractivity contribution in [2.75, 3.05) is 20.8 Å². The van der Waals surface area contributed by atoms with E-state index >= 15 is 0 Å². The van der Waals surface area contributed by atoms with Gasteiger partial charge in [-0.05, 0) is 50.2 Å². The molecule has 1 aromatic heterocycles. The topological polar surface area (TPSA) is 99.9 Å². The molecule has 0 aliphatic heterocycles. The van der Waals surface area contributed by atoms with E-state index in [0.29, 0.717) is 35.5 Å². The lowest BCUT2D eigenvalue weighted by molar-refractivity contribution is 0.340. The molecule has 3 rings (SSSR count). The summed E-state index contributed by atoms with van der Waals surface area (Å²) in [5.74, 6) is 2.48. The van der Waals surface area contributed by atoms with E-state index in [4.69, 9.17) is 18.6 Å². The Morgan fingerprint density at radius 3 is 2.37 bits per heavy atom. The predicted molar refractivity (Wildman–Crippen MR) is 111 cm³/mol. The molecule has 0 saturated heterocycles. The maximum absolute atomic E-state index is 12.7. The minimum atomic E-state index is -3.78. The Hall–Kier alpha value is -3.04. The van der Waals surface area contributed by atoms with Crippen LogP contribution in [-0.2, 0) is 16.6 Å². The van der Waals surface area contributed by atoms with Crippen LogP contribution in [0.4, 0.5) is 0 Å². The van der Waals surface area contributed by atoms with Crippen molar-refractivity contribution >= 4 is 10.0 Å². The average molecular weight is 432 g/mol. The average Bonchev–Trinajstić information content (AvgIpc) is 3.13. The Bertz CT molecular complexity index is 1110. The van der Waals surface area contributed by atoms with Crippen LogP contribution in [0.2, 0.25) is 0 Å². The Balaban J connectivity index is 1.75. The summed E-state index contributed by atoms with van der Waals surface area (Å²) in [5.41, 5.74) is 1.28. The van der Waals surface area contributed by atoms with Gasteiger partial charge in [0.2, 0.25) is 15.9 Å². The van der Waals surface area contributed by atoms with Crippen molar-refractivity contribution in [1.82, 2.24) is 9.71 Å². The highest BCUT2D eigenvalue weighted by atomic mass is 32.2. The van der Waals surface area contributed by atoms with E-state index in [-0.39, 0.29) is 11.4 Å². The first-order valence-electron chi connectivity index (χ1n) is 9.29. The zero-order chi connectivity index (χ0) is 21.7. The third kappa shape index (κ3) is 4.74. The van der Waals surface area contributed by atoms with E-state index in [1.807, 2.05) is 31.2 Å². The lowest BCUT2D eigenvalue weighted by Crippen LogP contribution is -2.23.